The van der Waals surface area contributed by atoms with Gasteiger partial charge in [0.05, 0.1) is 18.9 Å². The molecule has 0 radical (unpaired) electrons. The van der Waals surface area contributed by atoms with Crippen LogP contribution < -0.4 is 19.7 Å². The fraction of sp³-hybridized carbons (Fsp3) is 0.190. The summed E-state index contributed by atoms with van der Waals surface area (Å²) < 4.78 is 11.9. The number of thiocarbonyl (C=S) groups is 1. The first-order valence-electron chi connectivity index (χ1n) is 8.82. The molecular weight excluding hydrogens is 456 g/mol. The highest BCUT2D eigenvalue weighted by atomic mass is 79.9. The molecule has 0 bridgehead atoms. The Balaban J connectivity index is 1.97. The van der Waals surface area contributed by atoms with E-state index in [0.717, 1.165) is 4.47 Å². The third-order valence-electron chi connectivity index (χ3n) is 4.05. The minimum absolute atomic E-state index is 0.0146. The number of hydrogen-bond donors (Lipinski definition) is 1. The zero-order chi connectivity index (χ0) is 21.1. The molecule has 0 aromatic heterocycles. The normalized spacial score (nSPS) is 15.7. The summed E-state index contributed by atoms with van der Waals surface area (Å²) in [5.41, 5.74) is 1.16. The van der Waals surface area contributed by atoms with Gasteiger partial charge in [-0.3, -0.25) is 19.8 Å². The van der Waals surface area contributed by atoms with Crippen LogP contribution in [0.15, 0.2) is 52.5 Å². The minimum atomic E-state index is -0.546. The number of hydrogen-bond acceptors (Lipinski definition) is 5. The predicted octanol–water partition coefficient (Wildman–Crippen LogP) is 4.08. The van der Waals surface area contributed by atoms with Crippen LogP contribution in [0.1, 0.15) is 19.4 Å². The van der Waals surface area contributed by atoms with Gasteiger partial charge >= 0.3 is 0 Å². The molecule has 0 spiro atoms. The van der Waals surface area contributed by atoms with Crippen molar-refractivity contribution in [1.29, 1.82) is 0 Å². The first-order valence-corrected chi connectivity index (χ1v) is 10.0. The van der Waals surface area contributed by atoms with Crippen molar-refractivity contribution in [3.05, 3.63) is 58.1 Å². The molecule has 0 atom stereocenters. The average Bonchev–Trinajstić information content (AvgIpc) is 2.67. The number of carbonyl (C=O) groups excluding carboxylic acids is 2. The van der Waals surface area contributed by atoms with Crippen molar-refractivity contribution in [1.82, 2.24) is 5.32 Å². The molecule has 0 unspecified atom stereocenters. The van der Waals surface area contributed by atoms with Gasteiger partial charge in [-0.1, -0.05) is 22.0 Å². The Bertz CT molecular complexity index is 1000. The SMILES string of the molecule is COc1cc(/C=C2/C(=O)NC(=S)N(c3ccc(Br)cc3)C2=O)ccc1OC(C)C. The zero-order valence-electron chi connectivity index (χ0n) is 16.1. The summed E-state index contributed by atoms with van der Waals surface area (Å²) in [5, 5.41) is 2.61. The van der Waals surface area contributed by atoms with Gasteiger partial charge in [-0.25, -0.2) is 0 Å². The maximum absolute atomic E-state index is 13.0. The molecule has 0 aliphatic carbocycles. The molecule has 1 N–H and O–H groups in total. The van der Waals surface area contributed by atoms with E-state index >= 15 is 0 Å². The van der Waals surface area contributed by atoms with Crippen LogP contribution in [0.5, 0.6) is 11.5 Å². The minimum Gasteiger partial charge on any atom is -0.493 e. The Kier molecular flexibility index (Phi) is 6.34. The van der Waals surface area contributed by atoms with Crippen molar-refractivity contribution in [3.63, 3.8) is 0 Å². The van der Waals surface area contributed by atoms with E-state index in [1.54, 1.807) is 42.5 Å². The van der Waals surface area contributed by atoms with Crippen LogP contribution in [-0.4, -0.2) is 30.1 Å². The number of halogens is 1. The highest BCUT2D eigenvalue weighted by Gasteiger charge is 2.34. The summed E-state index contributed by atoms with van der Waals surface area (Å²) in [6.45, 7) is 3.83. The van der Waals surface area contributed by atoms with Crippen molar-refractivity contribution in [2.45, 2.75) is 20.0 Å². The maximum atomic E-state index is 13.0. The molecule has 1 heterocycles. The number of rotatable bonds is 5. The predicted molar refractivity (Wildman–Crippen MR) is 119 cm³/mol. The second-order valence-corrected chi connectivity index (χ2v) is 7.81. The smallest absolute Gasteiger partial charge is 0.270 e. The molecule has 2 aromatic carbocycles. The molecule has 1 fully saturated rings. The lowest BCUT2D eigenvalue weighted by molar-refractivity contribution is -0.122. The molecule has 1 saturated heterocycles. The zero-order valence-corrected chi connectivity index (χ0v) is 18.5. The summed E-state index contributed by atoms with van der Waals surface area (Å²) in [6.07, 6.45) is 1.49. The van der Waals surface area contributed by atoms with Gasteiger partial charge in [-0.2, -0.15) is 0 Å². The quantitative estimate of drug-likeness (QED) is 0.401. The Morgan fingerprint density at radius 1 is 1.10 bits per heavy atom. The number of anilines is 1. The van der Waals surface area contributed by atoms with Gasteiger partial charge in [-0.05, 0) is 74.1 Å². The lowest BCUT2D eigenvalue weighted by atomic mass is 10.1. The summed E-state index contributed by atoms with van der Waals surface area (Å²) in [4.78, 5) is 26.8. The van der Waals surface area contributed by atoms with Gasteiger partial charge in [0.25, 0.3) is 11.8 Å². The molecule has 2 amide bonds. The number of amides is 2. The van der Waals surface area contributed by atoms with Gasteiger partial charge in [0.2, 0.25) is 0 Å². The summed E-state index contributed by atoms with van der Waals surface area (Å²) in [6, 6.07) is 12.3. The van der Waals surface area contributed by atoms with E-state index in [0.29, 0.717) is 22.7 Å². The number of methoxy groups -OCH3 is 1. The number of benzene rings is 2. The Labute approximate surface area is 182 Å². The van der Waals surface area contributed by atoms with Crippen molar-refractivity contribution >= 4 is 56.8 Å². The lowest BCUT2D eigenvalue weighted by Crippen LogP contribution is -2.54. The largest absolute Gasteiger partial charge is 0.493 e. The van der Waals surface area contributed by atoms with Crippen LogP contribution in [0, 0.1) is 0 Å². The fourth-order valence-electron chi connectivity index (χ4n) is 2.77. The number of nitrogens with zero attached hydrogens (tertiary/aromatic N) is 1. The average molecular weight is 475 g/mol. The van der Waals surface area contributed by atoms with E-state index in [-0.39, 0.29) is 16.8 Å². The molecule has 1 aliphatic heterocycles. The van der Waals surface area contributed by atoms with Gasteiger partial charge in [0, 0.05) is 4.47 Å². The number of carbonyl (C=O) groups is 2. The van der Waals surface area contributed by atoms with Crippen LogP contribution in [0.2, 0.25) is 0 Å². The van der Waals surface area contributed by atoms with E-state index in [4.69, 9.17) is 21.7 Å². The summed E-state index contributed by atoms with van der Waals surface area (Å²) >= 11 is 8.57. The number of nitrogens with one attached hydrogen (secondary N) is 1. The highest BCUT2D eigenvalue weighted by Crippen LogP contribution is 2.30. The third kappa shape index (κ3) is 4.65. The van der Waals surface area contributed by atoms with E-state index in [2.05, 4.69) is 21.2 Å². The Hall–Kier alpha value is -2.71. The second-order valence-electron chi connectivity index (χ2n) is 6.51. The van der Waals surface area contributed by atoms with Gasteiger partial charge in [0.1, 0.15) is 5.57 Å². The van der Waals surface area contributed by atoms with E-state index in [1.807, 2.05) is 13.8 Å². The van der Waals surface area contributed by atoms with E-state index in [9.17, 15) is 9.59 Å². The van der Waals surface area contributed by atoms with Crippen LogP contribution in [0.3, 0.4) is 0 Å². The molecule has 0 saturated carbocycles. The molecule has 1 aliphatic rings. The summed E-state index contributed by atoms with van der Waals surface area (Å²) in [5.74, 6) is 0.0520. The van der Waals surface area contributed by atoms with Crippen molar-refractivity contribution in [2.75, 3.05) is 12.0 Å². The van der Waals surface area contributed by atoms with E-state index in [1.165, 1.54) is 18.1 Å². The Morgan fingerprint density at radius 3 is 2.41 bits per heavy atom. The van der Waals surface area contributed by atoms with Crippen molar-refractivity contribution in [2.24, 2.45) is 0 Å². The van der Waals surface area contributed by atoms with Crippen molar-refractivity contribution < 1.29 is 19.1 Å². The molecule has 2 aromatic rings. The molecule has 8 heteroatoms. The molecule has 3 rings (SSSR count). The molecular formula is C21H19BrN2O4S. The van der Waals surface area contributed by atoms with Crippen LogP contribution in [0.4, 0.5) is 5.69 Å². The van der Waals surface area contributed by atoms with Gasteiger partial charge in [0.15, 0.2) is 16.6 Å². The molecule has 6 nitrogen and oxygen atoms in total. The van der Waals surface area contributed by atoms with Crippen molar-refractivity contribution in [3.8, 4) is 11.5 Å². The number of ether oxygens (including phenoxy) is 2. The highest BCUT2D eigenvalue weighted by molar-refractivity contribution is 9.10. The van der Waals surface area contributed by atoms with Crippen LogP contribution in [-0.2, 0) is 9.59 Å². The molecule has 29 heavy (non-hydrogen) atoms. The first-order chi connectivity index (χ1) is 13.8. The standard InChI is InChI=1S/C21H19BrN2O4S/c1-12(2)28-17-9-4-13(11-18(17)27-3)10-16-19(25)23-21(29)24(20(16)26)15-7-5-14(22)6-8-15/h4-12H,1-3H3,(H,23,25,29)/b16-10-. The topological polar surface area (TPSA) is 67.9 Å². The third-order valence-corrected chi connectivity index (χ3v) is 4.86. The Morgan fingerprint density at radius 2 is 1.79 bits per heavy atom. The van der Waals surface area contributed by atoms with Gasteiger partial charge < -0.3 is 9.47 Å². The van der Waals surface area contributed by atoms with Gasteiger partial charge in [-0.15, -0.1) is 0 Å². The van der Waals surface area contributed by atoms with E-state index < -0.39 is 11.8 Å². The second kappa shape index (κ2) is 8.75. The van der Waals surface area contributed by atoms with Crippen LogP contribution in [0.25, 0.3) is 6.08 Å². The fourth-order valence-corrected chi connectivity index (χ4v) is 3.32. The molecule has 150 valence electrons. The summed E-state index contributed by atoms with van der Waals surface area (Å²) in [7, 11) is 1.53. The maximum Gasteiger partial charge on any atom is 0.270 e. The lowest BCUT2D eigenvalue weighted by Gasteiger charge is -2.29. The van der Waals surface area contributed by atoms with Crippen LogP contribution >= 0.6 is 28.1 Å². The first kappa shape index (κ1) is 21.0. The monoisotopic (exact) mass is 474 g/mol.